The first kappa shape index (κ1) is 20.0. The molecule has 2 aromatic carbocycles. The van der Waals surface area contributed by atoms with Gasteiger partial charge >= 0.3 is 0 Å². The Balaban J connectivity index is 2.12. The number of para-hydroxylation sites is 1. The molecule has 1 N–H and O–H groups in total. The lowest BCUT2D eigenvalue weighted by molar-refractivity contribution is -0.385. The predicted molar refractivity (Wildman–Crippen MR) is 102 cm³/mol. The van der Waals surface area contributed by atoms with E-state index in [2.05, 4.69) is 10.5 Å². The fourth-order valence-corrected chi connectivity index (χ4v) is 3.13. The van der Waals surface area contributed by atoms with E-state index in [-0.39, 0.29) is 11.3 Å². The Hall–Kier alpha value is -3.27. The van der Waals surface area contributed by atoms with Crippen molar-refractivity contribution in [1.29, 1.82) is 0 Å². The van der Waals surface area contributed by atoms with Crippen molar-refractivity contribution < 1.29 is 18.1 Å². The van der Waals surface area contributed by atoms with Crippen LogP contribution in [0, 0.1) is 17.0 Å². The van der Waals surface area contributed by atoms with Gasteiger partial charge in [0.25, 0.3) is 11.6 Å². The van der Waals surface area contributed by atoms with Crippen molar-refractivity contribution in [2.24, 2.45) is 5.10 Å². The quantitative estimate of drug-likeness (QED) is 0.439. The number of benzene rings is 2. The van der Waals surface area contributed by atoms with Gasteiger partial charge in [0, 0.05) is 6.07 Å². The smallest absolute Gasteiger partial charge is 0.271 e. The standard InChI is InChI=1S/C17H18N4O5S/c1-13-6-5-8-15(10-13)20(27(2,25)26)12-17(22)19-18-11-14-7-3-4-9-16(14)21(23)24/h3-11H,12H2,1-2H3,(H,19,22)/b18-11+. The second-order valence-corrected chi connectivity index (χ2v) is 7.62. The highest BCUT2D eigenvalue weighted by Gasteiger charge is 2.20. The van der Waals surface area contributed by atoms with Gasteiger partial charge in [-0.05, 0) is 30.7 Å². The number of hydrogen-bond donors (Lipinski definition) is 1. The maximum atomic E-state index is 12.1. The van der Waals surface area contributed by atoms with E-state index in [0.717, 1.165) is 22.3 Å². The number of carbonyl (C=O) groups excluding carboxylic acids is 1. The van der Waals surface area contributed by atoms with Gasteiger partial charge in [0.05, 0.1) is 28.6 Å². The number of nitrogens with zero attached hydrogens (tertiary/aromatic N) is 3. The van der Waals surface area contributed by atoms with Crippen LogP contribution in [0.4, 0.5) is 11.4 Å². The summed E-state index contributed by atoms with van der Waals surface area (Å²) in [6, 6.07) is 12.6. The monoisotopic (exact) mass is 390 g/mol. The molecule has 0 radical (unpaired) electrons. The molecule has 0 fully saturated rings. The number of nitrogens with one attached hydrogen (secondary N) is 1. The van der Waals surface area contributed by atoms with E-state index < -0.39 is 27.4 Å². The minimum atomic E-state index is -3.69. The normalized spacial score (nSPS) is 11.3. The number of aryl methyl sites for hydroxylation is 1. The number of carbonyl (C=O) groups is 1. The summed E-state index contributed by atoms with van der Waals surface area (Å²) < 4.78 is 25.0. The zero-order valence-electron chi connectivity index (χ0n) is 14.7. The second-order valence-electron chi connectivity index (χ2n) is 5.72. The topological polar surface area (TPSA) is 122 Å². The minimum Gasteiger partial charge on any atom is -0.271 e. The number of rotatable bonds is 7. The number of hydrazone groups is 1. The zero-order chi connectivity index (χ0) is 20.0. The molecular formula is C17H18N4O5S. The van der Waals surface area contributed by atoms with Crippen molar-refractivity contribution >= 4 is 33.5 Å². The van der Waals surface area contributed by atoms with Gasteiger partial charge in [-0.3, -0.25) is 19.2 Å². The SMILES string of the molecule is Cc1cccc(N(CC(=O)N/N=C/c2ccccc2[N+](=O)[O-])S(C)(=O)=O)c1. The molecule has 0 unspecified atom stereocenters. The Bertz CT molecular complexity index is 988. The average Bonchev–Trinajstić information content (AvgIpc) is 2.59. The third-order valence-electron chi connectivity index (χ3n) is 3.50. The summed E-state index contributed by atoms with van der Waals surface area (Å²) >= 11 is 0. The summed E-state index contributed by atoms with van der Waals surface area (Å²) in [6.07, 6.45) is 2.13. The summed E-state index contributed by atoms with van der Waals surface area (Å²) in [7, 11) is -3.69. The Morgan fingerprint density at radius 3 is 2.59 bits per heavy atom. The fraction of sp³-hybridized carbons (Fsp3) is 0.176. The van der Waals surface area contributed by atoms with Crippen LogP contribution in [0.2, 0.25) is 0 Å². The first-order valence-corrected chi connectivity index (χ1v) is 9.63. The van der Waals surface area contributed by atoms with Gasteiger partial charge in [-0.2, -0.15) is 5.10 Å². The number of nitro benzene ring substituents is 1. The van der Waals surface area contributed by atoms with Crippen molar-refractivity contribution in [3.8, 4) is 0 Å². The number of nitro groups is 1. The molecule has 0 saturated heterocycles. The number of anilines is 1. The molecule has 0 spiro atoms. The Labute approximate surface area is 156 Å². The molecule has 10 heteroatoms. The highest BCUT2D eigenvalue weighted by atomic mass is 32.2. The van der Waals surface area contributed by atoms with Crippen molar-refractivity contribution in [1.82, 2.24) is 5.43 Å². The molecule has 0 heterocycles. The molecule has 2 aromatic rings. The number of sulfonamides is 1. The van der Waals surface area contributed by atoms with E-state index in [9.17, 15) is 23.3 Å². The van der Waals surface area contributed by atoms with E-state index in [4.69, 9.17) is 0 Å². The summed E-state index contributed by atoms with van der Waals surface area (Å²) in [6.45, 7) is 1.33. The molecule has 0 saturated carbocycles. The number of amides is 1. The van der Waals surface area contributed by atoms with E-state index in [1.807, 2.05) is 0 Å². The van der Waals surface area contributed by atoms with Crippen LogP contribution in [0.15, 0.2) is 53.6 Å². The summed E-state index contributed by atoms with van der Waals surface area (Å²) in [5.41, 5.74) is 3.44. The van der Waals surface area contributed by atoms with Crippen LogP contribution in [0.3, 0.4) is 0 Å². The van der Waals surface area contributed by atoms with E-state index >= 15 is 0 Å². The van der Waals surface area contributed by atoms with Crippen LogP contribution in [0.25, 0.3) is 0 Å². The van der Waals surface area contributed by atoms with Crippen LogP contribution in [-0.2, 0) is 14.8 Å². The Morgan fingerprint density at radius 1 is 1.26 bits per heavy atom. The molecule has 0 aliphatic carbocycles. The number of hydrogen-bond acceptors (Lipinski definition) is 6. The van der Waals surface area contributed by atoms with Crippen LogP contribution in [0.5, 0.6) is 0 Å². The first-order chi connectivity index (χ1) is 12.7. The van der Waals surface area contributed by atoms with E-state index in [1.54, 1.807) is 37.3 Å². The molecule has 0 aliphatic rings. The molecule has 2 rings (SSSR count). The van der Waals surface area contributed by atoms with Crippen LogP contribution >= 0.6 is 0 Å². The van der Waals surface area contributed by atoms with Gasteiger partial charge in [0.1, 0.15) is 6.54 Å². The second kappa shape index (κ2) is 8.41. The molecule has 9 nitrogen and oxygen atoms in total. The molecule has 0 aliphatic heterocycles. The van der Waals surface area contributed by atoms with Gasteiger partial charge in [-0.1, -0.05) is 24.3 Å². The Morgan fingerprint density at radius 2 is 1.96 bits per heavy atom. The van der Waals surface area contributed by atoms with Gasteiger partial charge in [-0.25, -0.2) is 13.8 Å². The van der Waals surface area contributed by atoms with E-state index in [1.165, 1.54) is 18.2 Å². The summed E-state index contributed by atoms with van der Waals surface area (Å²) in [5.74, 6) is -0.684. The lowest BCUT2D eigenvalue weighted by Crippen LogP contribution is -2.39. The van der Waals surface area contributed by atoms with Gasteiger partial charge in [0.2, 0.25) is 10.0 Å². The van der Waals surface area contributed by atoms with Gasteiger partial charge in [0.15, 0.2) is 0 Å². The highest BCUT2D eigenvalue weighted by Crippen LogP contribution is 2.18. The molecule has 27 heavy (non-hydrogen) atoms. The lowest BCUT2D eigenvalue weighted by Gasteiger charge is -2.21. The van der Waals surface area contributed by atoms with Crippen LogP contribution < -0.4 is 9.73 Å². The molecule has 1 amide bonds. The predicted octanol–water partition coefficient (Wildman–Crippen LogP) is 1.82. The molecule has 0 aromatic heterocycles. The highest BCUT2D eigenvalue weighted by molar-refractivity contribution is 7.92. The van der Waals surface area contributed by atoms with Crippen molar-refractivity contribution in [2.45, 2.75) is 6.92 Å². The molecular weight excluding hydrogens is 372 g/mol. The lowest BCUT2D eigenvalue weighted by atomic mass is 10.2. The molecule has 0 bridgehead atoms. The maximum Gasteiger partial charge on any atom is 0.278 e. The fourth-order valence-electron chi connectivity index (χ4n) is 2.29. The van der Waals surface area contributed by atoms with E-state index in [0.29, 0.717) is 5.69 Å². The Kier molecular flexibility index (Phi) is 6.24. The van der Waals surface area contributed by atoms with Crippen molar-refractivity contribution in [3.63, 3.8) is 0 Å². The maximum absolute atomic E-state index is 12.1. The average molecular weight is 390 g/mol. The largest absolute Gasteiger partial charge is 0.278 e. The zero-order valence-corrected chi connectivity index (χ0v) is 15.5. The van der Waals surface area contributed by atoms with Crippen LogP contribution in [-0.4, -0.2) is 38.3 Å². The molecule has 142 valence electrons. The summed E-state index contributed by atoms with van der Waals surface area (Å²) in [5, 5.41) is 14.6. The van der Waals surface area contributed by atoms with Crippen molar-refractivity contribution in [3.05, 3.63) is 69.8 Å². The van der Waals surface area contributed by atoms with Crippen molar-refractivity contribution in [2.75, 3.05) is 17.1 Å². The third kappa shape index (κ3) is 5.61. The summed E-state index contributed by atoms with van der Waals surface area (Å²) in [4.78, 5) is 22.5. The van der Waals surface area contributed by atoms with Crippen LogP contribution in [0.1, 0.15) is 11.1 Å². The van der Waals surface area contributed by atoms with Gasteiger partial charge in [-0.15, -0.1) is 0 Å². The van der Waals surface area contributed by atoms with Gasteiger partial charge < -0.3 is 0 Å². The first-order valence-electron chi connectivity index (χ1n) is 7.78. The molecule has 0 atom stereocenters. The minimum absolute atomic E-state index is 0.159. The third-order valence-corrected chi connectivity index (χ3v) is 4.64.